The number of carbonyl (C=O) groups excluding carboxylic acids is 2. The maximum atomic E-state index is 11.9. The zero-order valence-corrected chi connectivity index (χ0v) is 14.0. The van der Waals surface area contributed by atoms with E-state index >= 15 is 0 Å². The van der Waals surface area contributed by atoms with Crippen molar-refractivity contribution in [3.63, 3.8) is 0 Å². The normalized spacial score (nSPS) is 10.9. The van der Waals surface area contributed by atoms with Crippen LogP contribution in [0.4, 0.5) is 11.4 Å². The molecule has 0 aliphatic carbocycles. The van der Waals surface area contributed by atoms with E-state index in [1.54, 1.807) is 0 Å². The van der Waals surface area contributed by atoms with Gasteiger partial charge >= 0.3 is 11.8 Å². The molecule has 2 aromatic carbocycles. The summed E-state index contributed by atoms with van der Waals surface area (Å²) < 4.78 is 0. The average Bonchev–Trinajstić information content (AvgIpc) is 2.67. The van der Waals surface area contributed by atoms with Crippen LogP contribution in [0, 0.1) is 20.2 Å². The van der Waals surface area contributed by atoms with Crippen LogP contribution in [0.15, 0.2) is 58.7 Å². The van der Waals surface area contributed by atoms with Gasteiger partial charge in [-0.25, -0.2) is 0 Å². The van der Waals surface area contributed by atoms with Crippen LogP contribution in [0.3, 0.4) is 0 Å². The third kappa shape index (κ3) is 4.78. The quantitative estimate of drug-likeness (QED) is 0.338. The number of nitrogens with zero attached hydrogens (tertiary/aromatic N) is 5. The van der Waals surface area contributed by atoms with Crippen LogP contribution in [0.25, 0.3) is 0 Å². The molecule has 0 aliphatic heterocycles. The predicted molar refractivity (Wildman–Crippen MR) is 97.4 cm³/mol. The van der Waals surface area contributed by atoms with Crippen LogP contribution in [0.5, 0.6) is 0 Å². The Hall–Kier alpha value is -4.48. The molecule has 0 radical (unpaired) electrons. The van der Waals surface area contributed by atoms with Gasteiger partial charge in [-0.2, -0.15) is 10.2 Å². The fraction of sp³-hybridized carbons (Fsp3) is 0. The highest BCUT2D eigenvalue weighted by Crippen LogP contribution is 2.17. The molecule has 0 spiro atoms. The molecule has 0 saturated carbocycles. The van der Waals surface area contributed by atoms with Gasteiger partial charge in [0.05, 0.1) is 33.4 Å². The van der Waals surface area contributed by atoms with Crippen molar-refractivity contribution < 1.29 is 19.4 Å². The van der Waals surface area contributed by atoms with Crippen LogP contribution < -0.4 is 5.73 Å². The van der Waals surface area contributed by atoms with E-state index in [2.05, 4.69) is 10.2 Å². The molecular weight excluding hydrogens is 372 g/mol. The number of amides is 2. The lowest BCUT2D eigenvalue weighted by atomic mass is 10.2. The van der Waals surface area contributed by atoms with Crippen LogP contribution >= 0.6 is 0 Å². The first-order chi connectivity index (χ1) is 13.3. The monoisotopic (exact) mass is 384 g/mol. The summed E-state index contributed by atoms with van der Waals surface area (Å²) in [6.45, 7) is 0. The molecule has 12 nitrogen and oxygen atoms in total. The second-order valence-corrected chi connectivity index (χ2v) is 5.08. The van der Waals surface area contributed by atoms with E-state index < -0.39 is 21.7 Å². The summed E-state index contributed by atoms with van der Waals surface area (Å²) in [5, 5.41) is 29.6. The Morgan fingerprint density at radius 2 is 1.25 bits per heavy atom. The zero-order valence-electron chi connectivity index (χ0n) is 14.0. The van der Waals surface area contributed by atoms with Gasteiger partial charge in [0.25, 0.3) is 11.4 Å². The van der Waals surface area contributed by atoms with Crippen LogP contribution in [-0.2, 0) is 9.59 Å². The fourth-order valence-corrected chi connectivity index (χ4v) is 1.99. The van der Waals surface area contributed by atoms with Crippen molar-refractivity contribution >= 4 is 35.6 Å². The summed E-state index contributed by atoms with van der Waals surface area (Å²) in [6, 6.07) is 11.1. The number of nitro groups is 2. The molecule has 12 heteroatoms. The Labute approximate surface area is 156 Å². The minimum absolute atomic E-state index is 0.0377. The first-order valence-corrected chi connectivity index (χ1v) is 7.50. The number of hydrogen-bond donors (Lipinski definition) is 1. The molecule has 0 unspecified atom stereocenters. The molecule has 142 valence electrons. The molecule has 0 fully saturated rings. The van der Waals surface area contributed by atoms with Crippen molar-refractivity contribution in [2.24, 2.45) is 15.9 Å². The Morgan fingerprint density at radius 3 is 1.61 bits per heavy atom. The maximum Gasteiger partial charge on any atom is 0.352 e. The number of hydrogen-bond acceptors (Lipinski definition) is 8. The number of para-hydroxylation sites is 2. The van der Waals surface area contributed by atoms with Crippen LogP contribution in [0.2, 0.25) is 0 Å². The first kappa shape index (κ1) is 19.8. The van der Waals surface area contributed by atoms with Gasteiger partial charge < -0.3 is 5.73 Å². The molecule has 0 heterocycles. The Kier molecular flexibility index (Phi) is 6.20. The zero-order chi connectivity index (χ0) is 20.7. The van der Waals surface area contributed by atoms with Gasteiger partial charge in [-0.3, -0.25) is 29.8 Å². The summed E-state index contributed by atoms with van der Waals surface area (Å²) in [4.78, 5) is 43.8. The predicted octanol–water partition coefficient (Wildman–Crippen LogP) is 1.18. The van der Waals surface area contributed by atoms with Crippen LogP contribution in [-0.4, -0.2) is 39.2 Å². The molecule has 2 rings (SSSR count). The highest BCUT2D eigenvalue weighted by Gasteiger charge is 2.19. The van der Waals surface area contributed by atoms with E-state index in [0.29, 0.717) is 0 Å². The van der Waals surface area contributed by atoms with Crippen molar-refractivity contribution in [3.8, 4) is 0 Å². The molecule has 2 aromatic rings. The lowest BCUT2D eigenvalue weighted by Gasteiger charge is -2.08. The molecule has 2 N–H and O–H groups in total. The lowest BCUT2D eigenvalue weighted by molar-refractivity contribution is -0.385. The second kappa shape index (κ2) is 8.75. The number of hydrazone groups is 2. The SMILES string of the molecule is NC(=O)C(=O)N(N=Cc1ccccc1[N+](=O)[O-])N=Cc1ccccc1[N+](=O)[O-]. The fourth-order valence-electron chi connectivity index (χ4n) is 1.99. The molecule has 0 aliphatic rings. The number of nitrogens with two attached hydrogens (primary N) is 1. The van der Waals surface area contributed by atoms with Gasteiger partial charge in [0.2, 0.25) is 0 Å². The topological polar surface area (TPSA) is 174 Å². The second-order valence-electron chi connectivity index (χ2n) is 5.08. The minimum atomic E-state index is -1.39. The van der Waals surface area contributed by atoms with E-state index in [0.717, 1.165) is 12.4 Å². The average molecular weight is 384 g/mol. The van der Waals surface area contributed by atoms with Crippen molar-refractivity contribution in [3.05, 3.63) is 79.9 Å². The maximum absolute atomic E-state index is 11.9. The molecule has 28 heavy (non-hydrogen) atoms. The third-order valence-electron chi connectivity index (χ3n) is 3.27. The number of rotatable bonds is 6. The van der Waals surface area contributed by atoms with E-state index in [1.807, 2.05) is 0 Å². The highest BCUT2D eigenvalue weighted by molar-refractivity contribution is 6.34. The Balaban J connectivity index is 2.40. The molecule has 0 aromatic heterocycles. The van der Waals surface area contributed by atoms with Gasteiger partial charge in [0.15, 0.2) is 0 Å². The molecule has 0 bridgehead atoms. The summed E-state index contributed by atoms with van der Waals surface area (Å²) >= 11 is 0. The van der Waals surface area contributed by atoms with Crippen molar-refractivity contribution in [2.45, 2.75) is 0 Å². The first-order valence-electron chi connectivity index (χ1n) is 7.50. The van der Waals surface area contributed by atoms with Gasteiger partial charge in [0.1, 0.15) is 0 Å². The van der Waals surface area contributed by atoms with Gasteiger partial charge in [-0.1, -0.05) is 24.3 Å². The van der Waals surface area contributed by atoms with Crippen molar-refractivity contribution in [1.29, 1.82) is 0 Å². The summed E-state index contributed by atoms with van der Waals surface area (Å²) in [7, 11) is 0. The Bertz CT molecular complexity index is 935. The summed E-state index contributed by atoms with van der Waals surface area (Å²) in [5.74, 6) is -2.73. The highest BCUT2D eigenvalue weighted by atomic mass is 16.6. The minimum Gasteiger partial charge on any atom is -0.361 e. The summed E-state index contributed by atoms with van der Waals surface area (Å²) in [5.41, 5.74) is 4.43. The van der Waals surface area contributed by atoms with Crippen molar-refractivity contribution in [1.82, 2.24) is 5.12 Å². The van der Waals surface area contributed by atoms with E-state index in [4.69, 9.17) is 5.73 Å². The largest absolute Gasteiger partial charge is 0.361 e. The third-order valence-corrected chi connectivity index (χ3v) is 3.27. The Morgan fingerprint density at radius 1 is 0.857 bits per heavy atom. The molecule has 0 saturated heterocycles. The lowest BCUT2D eigenvalue weighted by Crippen LogP contribution is -2.34. The van der Waals surface area contributed by atoms with Gasteiger partial charge in [-0.05, 0) is 12.1 Å². The summed E-state index contributed by atoms with van der Waals surface area (Å²) in [6.07, 6.45) is 1.88. The van der Waals surface area contributed by atoms with E-state index in [9.17, 15) is 29.8 Å². The van der Waals surface area contributed by atoms with Gasteiger partial charge in [-0.15, -0.1) is 5.12 Å². The molecular formula is C16H12N6O6. The number of primary amides is 1. The number of carbonyl (C=O) groups is 2. The standard InChI is InChI=1S/C16H12N6O6/c17-15(23)16(24)20(18-9-11-5-1-3-7-13(11)21(25)26)19-10-12-6-2-4-8-14(12)22(27)28/h1-10H,(H2,17,23). The van der Waals surface area contributed by atoms with E-state index in [1.165, 1.54) is 48.5 Å². The van der Waals surface area contributed by atoms with E-state index in [-0.39, 0.29) is 27.6 Å². The number of nitro benzene ring substituents is 2. The van der Waals surface area contributed by atoms with Gasteiger partial charge in [0, 0.05) is 12.1 Å². The van der Waals surface area contributed by atoms with Crippen LogP contribution in [0.1, 0.15) is 11.1 Å². The number of benzene rings is 2. The van der Waals surface area contributed by atoms with Crippen molar-refractivity contribution in [2.75, 3.05) is 0 Å². The smallest absolute Gasteiger partial charge is 0.352 e. The molecule has 0 atom stereocenters. The molecule has 2 amide bonds.